The Hall–Kier alpha value is -6.34. The van der Waals surface area contributed by atoms with Gasteiger partial charge >= 0.3 is 5.97 Å². The van der Waals surface area contributed by atoms with Crippen LogP contribution >= 0.6 is 0 Å². The molecule has 3 rings (SSSR count). The maximum atomic E-state index is 14.7. The number of aliphatic hydroxyl groups excluding tert-OH is 1. The minimum absolute atomic E-state index is 0.0944. The maximum Gasteiger partial charge on any atom is 0.332 e. The first-order valence-electron chi connectivity index (χ1n) is 22.1. The van der Waals surface area contributed by atoms with Gasteiger partial charge in [0.25, 0.3) is 29.5 Å². The monoisotopic (exact) mass is 928 g/mol. The third-order valence-corrected chi connectivity index (χ3v) is 9.38. The topological polar surface area (TPSA) is 255 Å². The van der Waals surface area contributed by atoms with E-state index in [0.29, 0.717) is 75.7 Å². The van der Waals surface area contributed by atoms with Crippen molar-refractivity contribution in [3.8, 4) is 0 Å². The number of nitrogens with zero attached hydrogens (tertiary/aromatic N) is 3. The summed E-state index contributed by atoms with van der Waals surface area (Å²) in [7, 11) is 3.39. The van der Waals surface area contributed by atoms with Gasteiger partial charge in [-0.1, -0.05) is 57.9 Å². The number of unbranched alkanes of at least 4 members (excludes halogenated alkanes) is 4. The standard InChI is InChI=1S/C25H32FN3O5.C17H24N2O5.C4H11N.CH3NO/c1-17(2)25(20(26)11-12-22(32)27-19-9-7-18(16-30)8-10-19)28-21(31)6-4-3-5-15-29-23(33)13-14-24(29)34;1-3-4-6-9-14(20)18(2)24-17(23)10-7-5-8-13-19-15(21)11-12-16(19)22;1-3-4-5-2;2-1-3/h7-11,13-14,17,25,30H,3-6,12,15-16H2,1-2H3,(H,27,32)(H,28,31);3-4,11-12H,5-10,13H2,1-2H3;5H,3-4H2,1-2H3;1H,(H2,2,3)/b20-11-;4-3+;;. The molecule has 0 saturated heterocycles. The van der Waals surface area contributed by atoms with E-state index in [2.05, 4.69) is 28.6 Å². The van der Waals surface area contributed by atoms with Crippen molar-refractivity contribution in [1.29, 1.82) is 0 Å². The first kappa shape index (κ1) is 59.7. The minimum atomic E-state index is -0.838. The molecule has 66 heavy (non-hydrogen) atoms. The number of carbonyl (C=O) groups excluding carboxylic acids is 9. The fourth-order valence-electron chi connectivity index (χ4n) is 5.80. The lowest BCUT2D eigenvalue weighted by Gasteiger charge is -2.21. The predicted molar refractivity (Wildman–Crippen MR) is 248 cm³/mol. The van der Waals surface area contributed by atoms with E-state index in [0.717, 1.165) is 16.5 Å². The van der Waals surface area contributed by atoms with Gasteiger partial charge in [0.05, 0.1) is 12.6 Å². The Morgan fingerprint density at radius 1 is 0.833 bits per heavy atom. The molecule has 1 aromatic carbocycles. The molecule has 0 aliphatic carbocycles. The Kier molecular flexibility index (Phi) is 32.5. The Morgan fingerprint density at radius 2 is 1.35 bits per heavy atom. The normalized spacial score (nSPS) is 13.4. The number of aliphatic hydroxyl groups is 1. The second kappa shape index (κ2) is 35.9. The van der Waals surface area contributed by atoms with Crippen molar-refractivity contribution in [3.05, 3.63) is 78.2 Å². The first-order chi connectivity index (χ1) is 31.5. The fourth-order valence-corrected chi connectivity index (χ4v) is 5.80. The van der Waals surface area contributed by atoms with Gasteiger partial charge in [0.15, 0.2) is 0 Å². The van der Waals surface area contributed by atoms with Crippen molar-refractivity contribution < 1.29 is 57.5 Å². The minimum Gasteiger partial charge on any atom is -0.392 e. The Labute approximate surface area is 387 Å². The summed E-state index contributed by atoms with van der Waals surface area (Å²) in [6.07, 6.45) is 16.1. The van der Waals surface area contributed by atoms with Crippen molar-refractivity contribution in [1.82, 2.24) is 25.5 Å². The smallest absolute Gasteiger partial charge is 0.332 e. The van der Waals surface area contributed by atoms with E-state index in [-0.39, 0.29) is 73.6 Å². The molecule has 2 aliphatic rings. The number of primary amides is 1. The molecular weight excluding hydrogens is 858 g/mol. The van der Waals surface area contributed by atoms with Crippen LogP contribution in [0.5, 0.6) is 0 Å². The quantitative estimate of drug-likeness (QED) is 0.0317. The Balaban J connectivity index is 0.00000115. The molecular formula is C47H70FN7O11. The molecule has 0 aromatic heterocycles. The Bertz CT molecular complexity index is 1790. The number of carbonyl (C=O) groups is 9. The summed E-state index contributed by atoms with van der Waals surface area (Å²) in [4.78, 5) is 109. The maximum absolute atomic E-state index is 14.7. The zero-order valence-electron chi connectivity index (χ0n) is 39.2. The van der Waals surface area contributed by atoms with Crippen molar-refractivity contribution >= 4 is 59.4 Å². The molecule has 0 fully saturated rings. The molecule has 8 amide bonds. The average Bonchev–Trinajstić information content (AvgIpc) is 3.78. The third-order valence-electron chi connectivity index (χ3n) is 9.38. The van der Waals surface area contributed by atoms with Crippen LogP contribution in [-0.2, 0) is 54.6 Å². The highest BCUT2D eigenvalue weighted by Gasteiger charge is 2.24. The van der Waals surface area contributed by atoms with Crippen LogP contribution in [0.1, 0.15) is 110 Å². The molecule has 1 aromatic rings. The zero-order valence-corrected chi connectivity index (χ0v) is 39.2. The molecule has 366 valence electrons. The number of allylic oxidation sites excluding steroid dienone is 2. The van der Waals surface area contributed by atoms with E-state index >= 15 is 0 Å². The van der Waals surface area contributed by atoms with Crippen molar-refractivity contribution in [2.75, 3.05) is 39.0 Å². The number of imide groups is 2. The molecule has 0 spiro atoms. The number of nitrogens with two attached hydrogens (primary N) is 1. The van der Waals surface area contributed by atoms with Crippen LogP contribution in [0.2, 0.25) is 0 Å². The molecule has 0 saturated carbocycles. The summed E-state index contributed by atoms with van der Waals surface area (Å²) in [5, 5.41) is 18.4. The number of benzene rings is 1. The number of nitrogens with one attached hydrogen (secondary N) is 3. The molecule has 2 heterocycles. The summed E-state index contributed by atoms with van der Waals surface area (Å²) in [6.45, 7) is 9.28. The van der Waals surface area contributed by atoms with Gasteiger partial charge in [0.1, 0.15) is 5.83 Å². The lowest BCUT2D eigenvalue weighted by molar-refractivity contribution is -0.192. The number of amides is 8. The van der Waals surface area contributed by atoms with Gasteiger partial charge in [-0.25, -0.2) is 9.18 Å². The van der Waals surface area contributed by atoms with Gasteiger partial charge < -0.3 is 31.6 Å². The van der Waals surface area contributed by atoms with Crippen molar-refractivity contribution in [2.45, 2.75) is 117 Å². The average molecular weight is 928 g/mol. The lowest BCUT2D eigenvalue weighted by atomic mass is 10.0. The molecule has 6 N–H and O–H groups in total. The Morgan fingerprint density at radius 3 is 1.79 bits per heavy atom. The van der Waals surface area contributed by atoms with Gasteiger partial charge in [-0.3, -0.25) is 48.2 Å². The van der Waals surface area contributed by atoms with Gasteiger partial charge in [-0.15, -0.1) is 0 Å². The van der Waals surface area contributed by atoms with Crippen LogP contribution in [0.3, 0.4) is 0 Å². The summed E-state index contributed by atoms with van der Waals surface area (Å²) in [5.74, 6) is -3.43. The largest absolute Gasteiger partial charge is 0.392 e. The lowest BCUT2D eigenvalue weighted by Crippen LogP contribution is -2.39. The van der Waals surface area contributed by atoms with Gasteiger partial charge in [0.2, 0.25) is 18.2 Å². The second-order valence-corrected chi connectivity index (χ2v) is 15.1. The highest BCUT2D eigenvalue weighted by molar-refractivity contribution is 6.13. The zero-order chi connectivity index (χ0) is 49.9. The van der Waals surface area contributed by atoms with Gasteiger partial charge in [-0.2, -0.15) is 5.06 Å². The number of hydrogen-bond donors (Lipinski definition) is 5. The predicted octanol–water partition coefficient (Wildman–Crippen LogP) is 4.45. The SMILES string of the molecule is C/C=C/CCC(=O)N(C)OC(=O)CCCCCN1C(=O)C=CC1=O.CC(C)C(NC(=O)CCCCCN1C(=O)C=CC1=O)/C(F)=C/CC(=O)Nc1ccc(CO)cc1.CCCNC.NC=O. The molecule has 0 radical (unpaired) electrons. The molecule has 2 aliphatic heterocycles. The van der Waals surface area contributed by atoms with Crippen LogP contribution in [0, 0.1) is 5.92 Å². The molecule has 1 atom stereocenters. The summed E-state index contributed by atoms with van der Waals surface area (Å²) >= 11 is 0. The van der Waals surface area contributed by atoms with Crippen molar-refractivity contribution in [2.24, 2.45) is 11.7 Å². The molecule has 19 heteroatoms. The van der Waals surface area contributed by atoms with Gasteiger partial charge in [0, 0.05) is 75.8 Å². The molecule has 1 unspecified atom stereocenters. The van der Waals surface area contributed by atoms with E-state index in [9.17, 15) is 42.7 Å². The van der Waals surface area contributed by atoms with E-state index in [4.69, 9.17) is 14.7 Å². The van der Waals surface area contributed by atoms with E-state index in [1.807, 2.05) is 26.1 Å². The van der Waals surface area contributed by atoms with Gasteiger partial charge in [-0.05, 0) is 88.7 Å². The van der Waals surface area contributed by atoms with Crippen molar-refractivity contribution in [3.63, 3.8) is 0 Å². The van der Waals surface area contributed by atoms with E-state index < -0.39 is 23.7 Å². The van der Waals surface area contributed by atoms with Crippen LogP contribution in [0.4, 0.5) is 10.1 Å². The van der Waals surface area contributed by atoms with E-state index in [1.165, 1.54) is 48.7 Å². The summed E-state index contributed by atoms with van der Waals surface area (Å²) in [5.41, 5.74) is 5.42. The number of hydroxylamine groups is 2. The number of anilines is 1. The van der Waals surface area contributed by atoms with Crippen LogP contribution in [0.25, 0.3) is 0 Å². The highest BCUT2D eigenvalue weighted by atomic mass is 19.1. The van der Waals surface area contributed by atoms with Crippen LogP contribution < -0.4 is 21.7 Å². The molecule has 18 nitrogen and oxygen atoms in total. The molecule has 0 bridgehead atoms. The fraction of sp³-hybridized carbons (Fsp3) is 0.511. The number of hydrogen-bond acceptors (Lipinski definition) is 12. The number of rotatable bonds is 24. The van der Waals surface area contributed by atoms with Crippen LogP contribution in [0.15, 0.2) is 72.6 Å². The number of halogens is 1. The highest BCUT2D eigenvalue weighted by Crippen LogP contribution is 2.17. The summed E-state index contributed by atoms with van der Waals surface area (Å²) < 4.78 is 14.7. The third kappa shape index (κ3) is 26.4. The van der Waals surface area contributed by atoms with E-state index in [1.54, 1.807) is 38.1 Å². The second-order valence-electron chi connectivity index (χ2n) is 15.1. The first-order valence-corrected chi connectivity index (χ1v) is 22.1. The summed E-state index contributed by atoms with van der Waals surface area (Å²) in [6, 6.07) is 5.82. The van der Waals surface area contributed by atoms with Crippen LogP contribution in [-0.4, -0.2) is 113 Å².